The molecule has 0 radical (unpaired) electrons. The van der Waals surface area contributed by atoms with E-state index in [0.29, 0.717) is 31.9 Å². The van der Waals surface area contributed by atoms with Crippen LogP contribution in [0, 0.1) is 0 Å². The molecule has 0 atom stereocenters. The van der Waals surface area contributed by atoms with Crippen LogP contribution in [-0.2, 0) is 13.0 Å². The molecular formula is C16H17F3N4O2. The lowest BCUT2D eigenvalue weighted by Crippen LogP contribution is -2.31. The predicted octanol–water partition coefficient (Wildman–Crippen LogP) is 2.34. The fourth-order valence-electron chi connectivity index (χ4n) is 2.72. The Morgan fingerprint density at radius 2 is 2.04 bits per heavy atom. The molecule has 0 unspecified atom stereocenters. The summed E-state index contributed by atoms with van der Waals surface area (Å²) in [5.74, 6) is 1.13. The van der Waals surface area contributed by atoms with Crippen LogP contribution in [0.2, 0.25) is 0 Å². The molecule has 0 spiro atoms. The summed E-state index contributed by atoms with van der Waals surface area (Å²) >= 11 is 0. The van der Waals surface area contributed by atoms with Crippen LogP contribution in [0.15, 0.2) is 30.6 Å². The number of rotatable bonds is 5. The van der Waals surface area contributed by atoms with Gasteiger partial charge in [-0.25, -0.2) is 9.97 Å². The molecule has 0 bridgehead atoms. The van der Waals surface area contributed by atoms with Crippen molar-refractivity contribution in [3.05, 3.63) is 41.7 Å². The van der Waals surface area contributed by atoms with Crippen LogP contribution in [0.3, 0.4) is 0 Å². The topological polar surface area (TPSA) is 70.5 Å². The quantitative estimate of drug-likeness (QED) is 0.859. The monoisotopic (exact) mass is 354 g/mol. The van der Waals surface area contributed by atoms with Crippen molar-refractivity contribution in [3.63, 3.8) is 0 Å². The van der Waals surface area contributed by atoms with Gasteiger partial charge in [-0.1, -0.05) is 6.07 Å². The minimum atomic E-state index is -4.69. The maximum atomic E-state index is 12.3. The van der Waals surface area contributed by atoms with E-state index in [1.165, 1.54) is 18.5 Å². The van der Waals surface area contributed by atoms with Crippen molar-refractivity contribution < 1.29 is 23.0 Å². The molecule has 0 saturated carbocycles. The molecule has 0 fully saturated rings. The predicted molar refractivity (Wildman–Crippen MR) is 85.5 cm³/mol. The molecule has 6 nitrogen and oxygen atoms in total. The lowest BCUT2D eigenvalue weighted by Gasteiger charge is -2.30. The standard InChI is InChI=1S/C16H17F3N4O2/c17-16(18,19)25-13-2-1-12-9-23(5-3-11(12)7-13)15-8-14(20-4-6-24)21-10-22-15/h1-2,7-8,10,24H,3-6,9H2,(H,20,21,22). The molecular weight excluding hydrogens is 337 g/mol. The van der Waals surface area contributed by atoms with Gasteiger partial charge in [-0.05, 0) is 29.7 Å². The zero-order chi connectivity index (χ0) is 17.9. The highest BCUT2D eigenvalue weighted by atomic mass is 19.4. The van der Waals surface area contributed by atoms with Crippen LogP contribution in [0.4, 0.5) is 24.8 Å². The van der Waals surface area contributed by atoms with Crippen molar-refractivity contribution >= 4 is 11.6 Å². The highest BCUT2D eigenvalue weighted by molar-refractivity contribution is 5.51. The van der Waals surface area contributed by atoms with Gasteiger partial charge in [0.1, 0.15) is 23.7 Å². The Labute approximate surface area is 142 Å². The van der Waals surface area contributed by atoms with E-state index in [9.17, 15) is 13.2 Å². The van der Waals surface area contributed by atoms with Gasteiger partial charge >= 0.3 is 6.36 Å². The summed E-state index contributed by atoms with van der Waals surface area (Å²) in [4.78, 5) is 10.4. The van der Waals surface area contributed by atoms with E-state index in [1.54, 1.807) is 12.1 Å². The van der Waals surface area contributed by atoms with Crippen molar-refractivity contribution in [2.24, 2.45) is 0 Å². The largest absolute Gasteiger partial charge is 0.573 e. The van der Waals surface area contributed by atoms with Crippen LogP contribution in [0.25, 0.3) is 0 Å². The van der Waals surface area contributed by atoms with Gasteiger partial charge in [0.2, 0.25) is 0 Å². The van der Waals surface area contributed by atoms with Gasteiger partial charge in [-0.2, -0.15) is 0 Å². The van der Waals surface area contributed by atoms with Crippen molar-refractivity contribution in [3.8, 4) is 5.75 Å². The van der Waals surface area contributed by atoms with Crippen LogP contribution >= 0.6 is 0 Å². The average molecular weight is 354 g/mol. The number of aromatic nitrogens is 2. The highest BCUT2D eigenvalue weighted by Crippen LogP contribution is 2.29. The van der Waals surface area contributed by atoms with Crippen LogP contribution in [0.5, 0.6) is 5.75 Å². The smallest absolute Gasteiger partial charge is 0.406 e. The van der Waals surface area contributed by atoms with Crippen molar-refractivity contribution in [2.75, 3.05) is 29.9 Å². The van der Waals surface area contributed by atoms with Crippen molar-refractivity contribution in [2.45, 2.75) is 19.3 Å². The third-order valence-electron chi connectivity index (χ3n) is 3.82. The van der Waals surface area contributed by atoms with Gasteiger partial charge in [0.25, 0.3) is 0 Å². The normalized spacial score (nSPS) is 14.2. The maximum absolute atomic E-state index is 12.3. The lowest BCUT2D eigenvalue weighted by atomic mass is 9.99. The van der Waals surface area contributed by atoms with Gasteiger partial charge in [-0.15, -0.1) is 13.2 Å². The molecule has 0 amide bonds. The number of nitrogens with one attached hydrogen (secondary N) is 1. The second-order valence-corrected chi connectivity index (χ2v) is 5.56. The summed E-state index contributed by atoms with van der Waals surface area (Å²) in [7, 11) is 0. The Morgan fingerprint density at radius 1 is 1.20 bits per heavy atom. The van der Waals surface area contributed by atoms with Crippen molar-refractivity contribution in [1.82, 2.24) is 9.97 Å². The van der Waals surface area contributed by atoms with Crippen LogP contribution in [0.1, 0.15) is 11.1 Å². The fraction of sp³-hybridized carbons (Fsp3) is 0.375. The van der Waals surface area contributed by atoms with E-state index >= 15 is 0 Å². The van der Waals surface area contributed by atoms with E-state index < -0.39 is 6.36 Å². The van der Waals surface area contributed by atoms with Crippen molar-refractivity contribution in [1.29, 1.82) is 0 Å². The molecule has 9 heteroatoms. The van der Waals surface area contributed by atoms with Gasteiger partial charge in [0.15, 0.2) is 0 Å². The zero-order valence-corrected chi connectivity index (χ0v) is 13.3. The summed E-state index contributed by atoms with van der Waals surface area (Å²) < 4.78 is 40.9. The minimum Gasteiger partial charge on any atom is -0.406 e. The number of aliphatic hydroxyl groups excluding tert-OH is 1. The summed E-state index contributed by atoms with van der Waals surface area (Å²) in [6.45, 7) is 1.55. The van der Waals surface area contributed by atoms with Gasteiger partial charge in [-0.3, -0.25) is 0 Å². The minimum absolute atomic E-state index is 0.00123. The van der Waals surface area contributed by atoms with E-state index in [2.05, 4.69) is 20.0 Å². The first-order chi connectivity index (χ1) is 11.9. The number of hydrogen-bond donors (Lipinski definition) is 2. The summed E-state index contributed by atoms with van der Waals surface area (Å²) in [6.07, 6.45) is -2.66. The molecule has 25 heavy (non-hydrogen) atoms. The van der Waals surface area contributed by atoms with E-state index in [1.807, 2.05) is 4.90 Å². The zero-order valence-electron chi connectivity index (χ0n) is 13.3. The lowest BCUT2D eigenvalue weighted by molar-refractivity contribution is -0.274. The number of halogens is 3. The Hall–Kier alpha value is -2.55. The summed E-state index contributed by atoms with van der Waals surface area (Å²) in [6, 6.07) is 6.19. The molecule has 3 rings (SSSR count). The Balaban J connectivity index is 1.73. The first-order valence-electron chi connectivity index (χ1n) is 7.74. The van der Waals surface area contributed by atoms with Gasteiger partial charge < -0.3 is 20.1 Å². The summed E-state index contributed by atoms with van der Waals surface area (Å²) in [5, 5.41) is 11.8. The number of benzene rings is 1. The molecule has 1 aliphatic rings. The summed E-state index contributed by atoms with van der Waals surface area (Å²) in [5.41, 5.74) is 1.77. The highest BCUT2D eigenvalue weighted by Gasteiger charge is 2.31. The SMILES string of the molecule is OCCNc1cc(N2CCc3cc(OC(F)(F)F)ccc3C2)ncn1. The number of fused-ring (bicyclic) bond motifs is 1. The molecule has 2 heterocycles. The Kier molecular flexibility index (Phi) is 4.93. The fourth-order valence-corrected chi connectivity index (χ4v) is 2.72. The Bertz CT molecular complexity index is 740. The van der Waals surface area contributed by atoms with Crippen LogP contribution in [-0.4, -0.2) is 41.1 Å². The third-order valence-corrected chi connectivity index (χ3v) is 3.82. The van der Waals surface area contributed by atoms with Gasteiger partial charge in [0.05, 0.1) is 6.61 Å². The van der Waals surface area contributed by atoms with E-state index in [-0.39, 0.29) is 12.4 Å². The average Bonchev–Trinajstić information content (AvgIpc) is 2.58. The molecule has 134 valence electrons. The molecule has 1 aromatic heterocycles. The Morgan fingerprint density at radius 3 is 2.80 bits per heavy atom. The molecule has 0 aliphatic carbocycles. The van der Waals surface area contributed by atoms with E-state index in [0.717, 1.165) is 16.9 Å². The number of ether oxygens (including phenoxy) is 1. The van der Waals surface area contributed by atoms with Crippen LogP contribution < -0.4 is 15.0 Å². The first kappa shape index (κ1) is 17.3. The maximum Gasteiger partial charge on any atom is 0.573 e. The molecule has 2 aromatic rings. The molecule has 0 saturated heterocycles. The number of nitrogens with zero attached hydrogens (tertiary/aromatic N) is 3. The number of aliphatic hydroxyl groups is 1. The second kappa shape index (κ2) is 7.14. The number of hydrogen-bond acceptors (Lipinski definition) is 6. The first-order valence-corrected chi connectivity index (χ1v) is 7.74. The number of anilines is 2. The van der Waals surface area contributed by atoms with Gasteiger partial charge in [0, 0.05) is 25.7 Å². The molecule has 1 aliphatic heterocycles. The number of alkyl halides is 3. The second-order valence-electron chi connectivity index (χ2n) is 5.56. The molecule has 1 aromatic carbocycles. The van der Waals surface area contributed by atoms with E-state index in [4.69, 9.17) is 5.11 Å². The third kappa shape index (κ3) is 4.50. The molecule has 2 N–H and O–H groups in total.